The molecule has 1 heterocycles. The molecule has 0 aliphatic rings. The van der Waals surface area contributed by atoms with E-state index in [-0.39, 0.29) is 11.2 Å². The van der Waals surface area contributed by atoms with E-state index in [0.29, 0.717) is 22.6 Å². The number of benzene rings is 1. The van der Waals surface area contributed by atoms with Gasteiger partial charge in [-0.15, -0.1) is 0 Å². The van der Waals surface area contributed by atoms with E-state index in [0.717, 1.165) is 5.56 Å². The highest BCUT2D eigenvalue weighted by Crippen LogP contribution is 2.28. The second-order valence-corrected chi connectivity index (χ2v) is 6.00. The summed E-state index contributed by atoms with van der Waals surface area (Å²) in [5, 5.41) is 0.300. The van der Waals surface area contributed by atoms with Crippen molar-refractivity contribution >= 4 is 11.6 Å². The molecule has 0 aliphatic heterocycles. The molecule has 2 aromatic rings. The fraction of sp³-hybridized carbons (Fsp3) is 0.333. The second-order valence-electron chi connectivity index (χ2n) is 5.61. The number of halogens is 2. The van der Waals surface area contributed by atoms with Crippen LogP contribution in [0.15, 0.2) is 24.3 Å². The van der Waals surface area contributed by atoms with Crippen molar-refractivity contribution in [3.63, 3.8) is 0 Å². The lowest BCUT2D eigenvalue weighted by Crippen LogP contribution is -2.16. The average Bonchev–Trinajstić information content (AvgIpc) is 2.32. The first-order chi connectivity index (χ1) is 9.25. The normalized spacial score (nSPS) is 11.5. The van der Waals surface area contributed by atoms with Gasteiger partial charge < -0.3 is 4.74 Å². The van der Waals surface area contributed by atoms with Crippen molar-refractivity contribution in [1.82, 2.24) is 9.97 Å². The van der Waals surface area contributed by atoms with Crippen molar-refractivity contribution in [1.29, 1.82) is 0 Å². The van der Waals surface area contributed by atoms with Crippen molar-refractivity contribution in [3.05, 3.63) is 46.6 Å². The smallest absolute Gasteiger partial charge is 0.224 e. The van der Waals surface area contributed by atoms with Crippen LogP contribution in [0.1, 0.15) is 32.2 Å². The SMILES string of the molecule is Cc1ccc(F)cc1Oc1cc(Cl)nc(C(C)(C)C)n1. The highest BCUT2D eigenvalue weighted by Gasteiger charge is 2.19. The van der Waals surface area contributed by atoms with E-state index in [1.54, 1.807) is 6.07 Å². The Morgan fingerprint density at radius 3 is 2.50 bits per heavy atom. The van der Waals surface area contributed by atoms with Gasteiger partial charge in [0.2, 0.25) is 5.88 Å². The maximum atomic E-state index is 13.3. The Morgan fingerprint density at radius 1 is 1.15 bits per heavy atom. The molecular weight excluding hydrogens is 279 g/mol. The van der Waals surface area contributed by atoms with Crippen LogP contribution >= 0.6 is 11.6 Å². The highest BCUT2D eigenvalue weighted by molar-refractivity contribution is 6.29. The van der Waals surface area contributed by atoms with Gasteiger partial charge in [0.15, 0.2) is 0 Å². The third-order valence-electron chi connectivity index (χ3n) is 2.71. The third kappa shape index (κ3) is 3.45. The second kappa shape index (κ2) is 5.37. The fourth-order valence-corrected chi connectivity index (χ4v) is 1.75. The van der Waals surface area contributed by atoms with Gasteiger partial charge in [-0.1, -0.05) is 38.4 Å². The molecule has 0 spiro atoms. The van der Waals surface area contributed by atoms with Gasteiger partial charge >= 0.3 is 0 Å². The predicted octanol–water partition coefficient (Wildman–Crippen LogP) is 4.67. The van der Waals surface area contributed by atoms with Crippen LogP contribution in [0.25, 0.3) is 0 Å². The quantitative estimate of drug-likeness (QED) is 0.755. The summed E-state index contributed by atoms with van der Waals surface area (Å²) >= 11 is 5.99. The molecule has 0 radical (unpaired) electrons. The zero-order valence-corrected chi connectivity index (χ0v) is 12.6. The molecule has 0 N–H and O–H groups in total. The number of nitrogens with zero attached hydrogens (tertiary/aromatic N) is 2. The largest absolute Gasteiger partial charge is 0.438 e. The molecule has 1 aromatic heterocycles. The zero-order valence-electron chi connectivity index (χ0n) is 11.9. The van der Waals surface area contributed by atoms with E-state index in [9.17, 15) is 4.39 Å². The lowest BCUT2D eigenvalue weighted by Gasteiger charge is -2.17. The summed E-state index contributed by atoms with van der Waals surface area (Å²) in [4.78, 5) is 8.52. The van der Waals surface area contributed by atoms with Crippen molar-refractivity contribution in [2.45, 2.75) is 33.1 Å². The molecule has 106 valence electrons. The Kier molecular flexibility index (Phi) is 3.95. The fourth-order valence-electron chi connectivity index (χ4n) is 1.58. The first kappa shape index (κ1) is 14.7. The first-order valence-corrected chi connectivity index (χ1v) is 6.62. The van der Waals surface area contributed by atoms with Gasteiger partial charge in [0.1, 0.15) is 22.5 Å². The summed E-state index contributed by atoms with van der Waals surface area (Å²) in [7, 11) is 0. The van der Waals surface area contributed by atoms with Gasteiger partial charge in [-0.05, 0) is 18.6 Å². The van der Waals surface area contributed by atoms with Crippen molar-refractivity contribution in [2.24, 2.45) is 0 Å². The van der Waals surface area contributed by atoms with E-state index < -0.39 is 0 Å². The van der Waals surface area contributed by atoms with Crippen molar-refractivity contribution < 1.29 is 9.13 Å². The van der Waals surface area contributed by atoms with Gasteiger partial charge in [0.25, 0.3) is 0 Å². The van der Waals surface area contributed by atoms with Gasteiger partial charge in [0, 0.05) is 17.5 Å². The molecule has 0 atom stereocenters. The van der Waals surface area contributed by atoms with Crippen molar-refractivity contribution in [2.75, 3.05) is 0 Å². The number of ether oxygens (including phenoxy) is 1. The molecule has 3 nitrogen and oxygen atoms in total. The molecule has 1 aromatic carbocycles. The maximum absolute atomic E-state index is 13.3. The molecule has 0 fully saturated rings. The van der Waals surface area contributed by atoms with Crippen LogP contribution in [0, 0.1) is 12.7 Å². The number of aromatic nitrogens is 2. The molecule has 0 unspecified atom stereocenters. The Bertz CT molecular complexity index is 638. The molecular formula is C15H16ClFN2O. The van der Waals surface area contributed by atoms with Crippen LogP contribution < -0.4 is 4.74 Å². The van der Waals surface area contributed by atoms with Crippen LogP contribution in [0.2, 0.25) is 5.15 Å². The average molecular weight is 295 g/mol. The number of aryl methyl sites for hydroxylation is 1. The number of rotatable bonds is 2. The highest BCUT2D eigenvalue weighted by atomic mass is 35.5. The summed E-state index contributed by atoms with van der Waals surface area (Å²) in [5.74, 6) is 0.944. The Hall–Kier alpha value is -1.68. The van der Waals surface area contributed by atoms with Gasteiger partial charge in [0.05, 0.1) is 0 Å². The Balaban J connectivity index is 2.39. The predicted molar refractivity (Wildman–Crippen MR) is 77.0 cm³/mol. The molecule has 0 saturated heterocycles. The van der Waals surface area contributed by atoms with Crippen LogP contribution in [-0.2, 0) is 5.41 Å². The molecule has 20 heavy (non-hydrogen) atoms. The Labute approximate surface area is 122 Å². The number of hydrogen-bond acceptors (Lipinski definition) is 3. The zero-order chi connectivity index (χ0) is 14.9. The third-order valence-corrected chi connectivity index (χ3v) is 2.90. The summed E-state index contributed by atoms with van der Waals surface area (Å²) in [6.45, 7) is 7.78. The number of hydrogen-bond donors (Lipinski definition) is 0. The van der Waals surface area contributed by atoms with Gasteiger partial charge in [-0.25, -0.2) is 9.37 Å². The van der Waals surface area contributed by atoms with Crippen LogP contribution in [-0.4, -0.2) is 9.97 Å². The molecule has 0 saturated carbocycles. The van der Waals surface area contributed by atoms with E-state index >= 15 is 0 Å². The van der Waals surface area contributed by atoms with Gasteiger partial charge in [-0.3, -0.25) is 0 Å². The van der Waals surface area contributed by atoms with Crippen LogP contribution in [0.4, 0.5) is 4.39 Å². The lowest BCUT2D eigenvalue weighted by atomic mass is 9.96. The first-order valence-electron chi connectivity index (χ1n) is 6.25. The summed E-state index contributed by atoms with van der Waals surface area (Å²) < 4.78 is 18.9. The molecule has 0 bridgehead atoms. The minimum Gasteiger partial charge on any atom is -0.438 e. The van der Waals surface area contributed by atoms with Crippen molar-refractivity contribution in [3.8, 4) is 11.6 Å². The lowest BCUT2D eigenvalue weighted by molar-refractivity contribution is 0.439. The summed E-state index contributed by atoms with van der Waals surface area (Å²) in [6.07, 6.45) is 0. The standard InChI is InChI=1S/C15H16ClFN2O/c1-9-5-6-10(17)7-11(9)20-13-8-12(16)18-14(19-13)15(2,3)4/h5-8H,1-4H3. The van der Waals surface area contributed by atoms with E-state index in [1.807, 2.05) is 27.7 Å². The minimum atomic E-state index is -0.359. The molecule has 2 rings (SSSR count). The molecule has 5 heteroatoms. The minimum absolute atomic E-state index is 0.250. The van der Waals surface area contributed by atoms with Crippen LogP contribution in [0.3, 0.4) is 0 Å². The van der Waals surface area contributed by atoms with E-state index in [1.165, 1.54) is 18.2 Å². The summed E-state index contributed by atoms with van der Waals surface area (Å²) in [5.41, 5.74) is 0.568. The maximum Gasteiger partial charge on any atom is 0.224 e. The Morgan fingerprint density at radius 2 is 1.85 bits per heavy atom. The topological polar surface area (TPSA) is 35.0 Å². The monoisotopic (exact) mass is 294 g/mol. The van der Waals surface area contributed by atoms with E-state index in [4.69, 9.17) is 16.3 Å². The summed E-state index contributed by atoms with van der Waals surface area (Å²) in [6, 6.07) is 5.87. The van der Waals surface area contributed by atoms with Gasteiger partial charge in [-0.2, -0.15) is 4.98 Å². The molecule has 0 amide bonds. The molecule has 0 aliphatic carbocycles. The van der Waals surface area contributed by atoms with Crippen LogP contribution in [0.5, 0.6) is 11.6 Å². The van der Waals surface area contributed by atoms with E-state index in [2.05, 4.69) is 9.97 Å².